The number of hydrogen-bond acceptors (Lipinski definition) is 0. The van der Waals surface area contributed by atoms with Crippen molar-refractivity contribution in [2.75, 3.05) is 0 Å². The normalized spacial score (nSPS) is 20.4. The summed E-state index contributed by atoms with van der Waals surface area (Å²) in [5.41, 5.74) is 13.5. The quantitative estimate of drug-likeness (QED) is 0.239. The minimum atomic E-state index is -1.81. The Morgan fingerprint density at radius 3 is 2.37 bits per heavy atom. The van der Waals surface area contributed by atoms with Gasteiger partial charge >= 0.3 is 0 Å². The molecule has 0 saturated heterocycles. The molecule has 0 amide bonds. The summed E-state index contributed by atoms with van der Waals surface area (Å²) in [5.74, 6) is 0. The van der Waals surface area contributed by atoms with E-state index in [4.69, 9.17) is 0 Å². The molecule has 1 unspecified atom stereocenters. The fourth-order valence-corrected chi connectivity index (χ4v) is 12.6. The number of hydrogen-bond donors (Lipinski definition) is 0. The van der Waals surface area contributed by atoms with Crippen molar-refractivity contribution >= 4 is 52.5 Å². The van der Waals surface area contributed by atoms with Crippen molar-refractivity contribution < 1.29 is 0 Å². The molecule has 0 saturated carbocycles. The van der Waals surface area contributed by atoms with Gasteiger partial charge in [0.25, 0.3) is 0 Å². The van der Waals surface area contributed by atoms with Crippen LogP contribution in [-0.4, -0.2) is 19.4 Å². The summed E-state index contributed by atoms with van der Waals surface area (Å²) in [4.78, 5) is 0. The molecule has 1 aromatic heterocycles. The van der Waals surface area contributed by atoms with Crippen LogP contribution in [0, 0.1) is 0 Å². The molecule has 2 aliphatic heterocycles. The maximum absolute atomic E-state index is 2.63. The highest BCUT2D eigenvalue weighted by atomic mass is 28.3. The Morgan fingerprint density at radius 1 is 0.756 bits per heavy atom. The third-order valence-electron chi connectivity index (χ3n) is 11.2. The molecule has 4 aromatic carbocycles. The van der Waals surface area contributed by atoms with E-state index in [1.807, 2.05) is 0 Å². The SMILES string of the molecule is CC[Si]1(C)c2ccccc2B2c3ccc(-n4c5c(c6ccccc64)CCCCCC5)cc3C(C)(C)c3cccc1c32. The molecule has 3 heterocycles. The fourth-order valence-electron chi connectivity index (χ4n) is 8.92. The van der Waals surface area contributed by atoms with E-state index in [0.717, 1.165) is 0 Å². The Labute approximate surface area is 246 Å². The Morgan fingerprint density at radius 2 is 1.51 bits per heavy atom. The van der Waals surface area contributed by atoms with E-state index in [-0.39, 0.29) is 5.41 Å². The Hall–Kier alpha value is -3.30. The third kappa shape index (κ3) is 3.42. The van der Waals surface area contributed by atoms with Crippen LogP contribution in [0.4, 0.5) is 0 Å². The molecule has 1 atom stereocenters. The molecular weight excluding hydrogens is 509 g/mol. The molecule has 3 heteroatoms. The average molecular weight is 550 g/mol. The van der Waals surface area contributed by atoms with E-state index >= 15 is 0 Å². The first kappa shape index (κ1) is 25.4. The standard InChI is InChI=1S/C38H40BNSi/c1-5-41(4)35-21-13-11-18-32(35)39-31-24-23-26(25-30(31)38(2,3)29-17-14-22-36(41)37(29)39)40-33-19-9-7-6-8-15-27(33)28-16-10-12-20-34(28)40/h10-14,16-18,20-25H,5-9,15,19H2,1-4H3. The summed E-state index contributed by atoms with van der Waals surface area (Å²) in [7, 11) is -1.81. The first-order valence-corrected chi connectivity index (χ1v) is 18.6. The van der Waals surface area contributed by atoms with Gasteiger partial charge in [-0.1, -0.05) is 140 Å². The van der Waals surface area contributed by atoms with Crippen LogP contribution in [0.5, 0.6) is 0 Å². The predicted molar refractivity (Wildman–Crippen MR) is 180 cm³/mol. The van der Waals surface area contributed by atoms with Crippen molar-refractivity contribution in [3.8, 4) is 5.69 Å². The van der Waals surface area contributed by atoms with Gasteiger partial charge in [-0.25, -0.2) is 0 Å². The lowest BCUT2D eigenvalue weighted by Gasteiger charge is -2.46. The van der Waals surface area contributed by atoms with Gasteiger partial charge in [0.05, 0.1) is 5.52 Å². The maximum Gasteiger partial charge on any atom is 0.241 e. The van der Waals surface area contributed by atoms with E-state index in [1.54, 1.807) is 38.1 Å². The molecule has 8 rings (SSSR count). The molecule has 41 heavy (non-hydrogen) atoms. The van der Waals surface area contributed by atoms with E-state index in [2.05, 4.69) is 117 Å². The van der Waals surface area contributed by atoms with Crippen LogP contribution in [0.25, 0.3) is 16.6 Å². The molecule has 1 nitrogen and oxygen atoms in total. The molecular formula is C38H40BNSi. The van der Waals surface area contributed by atoms with E-state index in [9.17, 15) is 0 Å². The second-order valence-electron chi connectivity index (χ2n) is 13.6. The molecule has 0 bridgehead atoms. The average Bonchev–Trinajstić information content (AvgIpc) is 3.28. The van der Waals surface area contributed by atoms with E-state index in [0.29, 0.717) is 6.71 Å². The smallest absolute Gasteiger partial charge is 0.241 e. The second kappa shape index (κ2) is 9.10. The predicted octanol–water partition coefficient (Wildman–Crippen LogP) is 5.97. The van der Waals surface area contributed by atoms with Gasteiger partial charge < -0.3 is 4.57 Å². The number of benzene rings is 4. The first-order chi connectivity index (χ1) is 19.9. The Kier molecular flexibility index (Phi) is 5.64. The number of aryl methyl sites for hydroxylation is 1. The minimum absolute atomic E-state index is 0.0556. The van der Waals surface area contributed by atoms with Gasteiger partial charge in [0, 0.05) is 22.2 Å². The van der Waals surface area contributed by atoms with Crippen molar-refractivity contribution in [1.29, 1.82) is 0 Å². The molecule has 204 valence electrons. The molecule has 0 N–H and O–H groups in total. The lowest BCUT2D eigenvalue weighted by atomic mass is 9.31. The minimum Gasteiger partial charge on any atom is -0.313 e. The van der Waals surface area contributed by atoms with Crippen LogP contribution in [0.1, 0.15) is 68.8 Å². The zero-order chi connectivity index (χ0) is 27.9. The molecule has 3 aliphatic rings. The highest BCUT2D eigenvalue weighted by Crippen LogP contribution is 2.38. The summed E-state index contributed by atoms with van der Waals surface area (Å²) < 4.78 is 2.63. The lowest BCUT2D eigenvalue weighted by Crippen LogP contribution is -2.79. The molecule has 0 spiro atoms. The fraction of sp³-hybridized carbons (Fsp3) is 0.316. The van der Waals surface area contributed by atoms with Crippen LogP contribution >= 0.6 is 0 Å². The van der Waals surface area contributed by atoms with Crippen molar-refractivity contribution in [2.24, 2.45) is 0 Å². The molecule has 0 radical (unpaired) electrons. The maximum atomic E-state index is 2.63. The summed E-state index contributed by atoms with van der Waals surface area (Å²) in [6.45, 7) is 10.3. The van der Waals surface area contributed by atoms with Crippen LogP contribution < -0.4 is 26.8 Å². The molecule has 0 fully saturated rings. The van der Waals surface area contributed by atoms with Crippen LogP contribution in [0.3, 0.4) is 0 Å². The van der Waals surface area contributed by atoms with Crippen LogP contribution in [-0.2, 0) is 18.3 Å². The largest absolute Gasteiger partial charge is 0.313 e. The van der Waals surface area contributed by atoms with E-state index < -0.39 is 8.07 Å². The summed E-state index contributed by atoms with van der Waals surface area (Å²) in [6.07, 6.45) is 7.67. The van der Waals surface area contributed by atoms with Crippen LogP contribution in [0.2, 0.25) is 12.6 Å². The summed E-state index contributed by atoms with van der Waals surface area (Å²) >= 11 is 0. The lowest BCUT2D eigenvalue weighted by molar-refractivity contribution is 0.608. The number of fused-ring (bicyclic) bond motifs is 7. The number of rotatable bonds is 2. The van der Waals surface area contributed by atoms with Crippen LogP contribution in [0.15, 0.2) is 84.9 Å². The van der Waals surface area contributed by atoms with Crippen molar-refractivity contribution in [3.63, 3.8) is 0 Å². The van der Waals surface area contributed by atoms with Crippen molar-refractivity contribution in [2.45, 2.75) is 77.3 Å². The molecule has 5 aromatic rings. The zero-order valence-corrected chi connectivity index (χ0v) is 26.1. The van der Waals surface area contributed by atoms with Gasteiger partial charge in [0.1, 0.15) is 8.07 Å². The van der Waals surface area contributed by atoms with Crippen molar-refractivity contribution in [1.82, 2.24) is 4.57 Å². The highest BCUT2D eigenvalue weighted by Gasteiger charge is 2.49. The topological polar surface area (TPSA) is 4.93 Å². The van der Waals surface area contributed by atoms with E-state index in [1.165, 1.54) is 72.2 Å². The Balaban J connectivity index is 1.40. The second-order valence-corrected chi connectivity index (χ2v) is 18.0. The molecule has 1 aliphatic carbocycles. The van der Waals surface area contributed by atoms with Gasteiger partial charge in [-0.05, 0) is 60.6 Å². The summed E-state index contributed by atoms with van der Waals surface area (Å²) in [6, 6.07) is 34.7. The Bertz CT molecular complexity index is 1850. The van der Waals surface area contributed by atoms with Gasteiger partial charge in [-0.2, -0.15) is 0 Å². The third-order valence-corrected chi connectivity index (χ3v) is 15.9. The highest BCUT2D eigenvalue weighted by molar-refractivity contribution is 7.14. The first-order valence-electron chi connectivity index (χ1n) is 15.9. The van der Waals surface area contributed by atoms with Crippen molar-refractivity contribution in [3.05, 3.63) is 107 Å². The van der Waals surface area contributed by atoms with Gasteiger partial charge in [0.15, 0.2) is 0 Å². The van der Waals surface area contributed by atoms with Gasteiger partial charge in [0.2, 0.25) is 6.71 Å². The number of para-hydroxylation sites is 1. The zero-order valence-electron chi connectivity index (χ0n) is 25.1. The number of aromatic nitrogens is 1. The summed E-state index contributed by atoms with van der Waals surface area (Å²) in [5, 5.41) is 4.77. The van der Waals surface area contributed by atoms with Gasteiger partial charge in [-0.3, -0.25) is 0 Å². The monoisotopic (exact) mass is 549 g/mol. The van der Waals surface area contributed by atoms with Gasteiger partial charge in [-0.15, -0.1) is 0 Å². The number of nitrogens with zero attached hydrogens (tertiary/aromatic N) is 1.